The molecule has 2 aliphatic carbocycles. The summed E-state index contributed by atoms with van der Waals surface area (Å²) in [7, 11) is 0. The van der Waals surface area contributed by atoms with Gasteiger partial charge < -0.3 is 10.0 Å². The lowest BCUT2D eigenvalue weighted by molar-refractivity contribution is 0.448. The van der Waals surface area contributed by atoms with E-state index in [9.17, 15) is 0 Å². The van der Waals surface area contributed by atoms with Crippen LogP contribution in [-0.4, -0.2) is 17.7 Å². The third-order valence-electron chi connectivity index (χ3n) is 1.31. The van der Waals surface area contributed by atoms with E-state index in [4.69, 9.17) is 15.3 Å². The van der Waals surface area contributed by atoms with Crippen molar-refractivity contribution in [1.82, 2.24) is 0 Å². The van der Waals surface area contributed by atoms with Crippen molar-refractivity contribution < 1.29 is 10.0 Å². The molecular weight excluding hydrogens is 141 g/mol. The van der Waals surface area contributed by atoms with Gasteiger partial charge in [-0.25, -0.2) is 0 Å². The molecule has 1 radical (unpaired) electrons. The zero-order valence-electron chi connectivity index (χ0n) is 5.65. The monoisotopic (exact) mass is 146 g/mol. The quantitative estimate of drug-likeness (QED) is 0.515. The fourth-order valence-electron chi connectivity index (χ4n) is 0.823. The van der Waals surface area contributed by atoms with Crippen LogP contribution in [0.3, 0.4) is 0 Å². The average Bonchev–Trinajstić information content (AvgIpc) is 2.61. The van der Waals surface area contributed by atoms with Gasteiger partial charge in [-0.15, -0.1) is 0 Å². The fourth-order valence-corrected chi connectivity index (χ4v) is 0.823. The summed E-state index contributed by atoms with van der Waals surface area (Å²) in [6.45, 7) is 0. The van der Waals surface area contributed by atoms with Gasteiger partial charge in [-0.2, -0.15) is 5.26 Å². The smallest absolute Gasteiger partial charge is 0.429 e. The first kappa shape index (κ1) is 7.80. The van der Waals surface area contributed by atoms with Gasteiger partial charge in [0.1, 0.15) is 0 Å². The van der Waals surface area contributed by atoms with Crippen LogP contribution in [0.1, 0.15) is 5.56 Å². The second kappa shape index (κ2) is 3.19. The first-order valence-electron chi connectivity index (χ1n) is 2.97. The molecule has 2 N–H and O–H groups in total. The third-order valence-corrected chi connectivity index (χ3v) is 1.31. The van der Waals surface area contributed by atoms with E-state index in [-0.39, 0.29) is 7.69 Å². The maximum atomic E-state index is 8.31. The van der Waals surface area contributed by atoms with Crippen molar-refractivity contribution in [3.8, 4) is 17.2 Å². The van der Waals surface area contributed by atoms with E-state index in [1.54, 1.807) is 0 Å². The van der Waals surface area contributed by atoms with Crippen LogP contribution in [0, 0.1) is 11.3 Å². The molecule has 0 heterocycles. The largest absolute Gasteiger partial charge is 0.482 e. The molecule has 11 heavy (non-hydrogen) atoms. The van der Waals surface area contributed by atoms with Crippen LogP contribution in [0.25, 0.3) is 11.1 Å². The van der Waals surface area contributed by atoms with Crippen molar-refractivity contribution >= 4 is 7.69 Å². The maximum Gasteiger partial charge on any atom is 0.482 e. The first-order chi connectivity index (χ1) is 5.31. The minimum atomic E-state index is 0. The highest BCUT2D eigenvalue weighted by Gasteiger charge is 2.12. The first-order valence-corrected chi connectivity index (χ1v) is 2.97. The fraction of sp³-hybridized carbons (Fsp3) is 0. The van der Waals surface area contributed by atoms with E-state index in [0.717, 1.165) is 5.56 Å². The van der Waals surface area contributed by atoms with E-state index >= 15 is 0 Å². The number of fused-ring (bicyclic) bond motifs is 1. The predicted octanol–water partition coefficient (Wildman–Crippen LogP) is 0.0439. The molecule has 0 fully saturated rings. The minimum absolute atomic E-state index is 0. The molecule has 2 aliphatic rings. The maximum absolute atomic E-state index is 8.31. The van der Waals surface area contributed by atoms with Crippen LogP contribution in [0.15, 0.2) is 18.2 Å². The molecule has 0 aromatic heterocycles. The lowest BCUT2D eigenvalue weighted by Crippen LogP contribution is -1.75. The zero-order valence-corrected chi connectivity index (χ0v) is 5.65. The molecule has 3 nitrogen and oxygen atoms in total. The topological polar surface area (TPSA) is 64.2 Å². The Kier molecular flexibility index (Phi) is 2.26. The molecule has 0 saturated carbocycles. The summed E-state index contributed by atoms with van der Waals surface area (Å²) in [4.78, 5) is 0. The average molecular weight is 146 g/mol. The van der Waals surface area contributed by atoms with Gasteiger partial charge in [0.05, 0.1) is 11.6 Å². The van der Waals surface area contributed by atoms with E-state index in [0.29, 0.717) is 0 Å². The Morgan fingerprint density at radius 2 is 1.64 bits per heavy atom. The molecule has 0 saturated heterocycles. The molecule has 0 bridgehead atoms. The lowest BCUT2D eigenvalue weighted by Gasteiger charge is -1.66. The lowest BCUT2D eigenvalue weighted by atomic mass is 10.4. The molecule has 0 aromatic carbocycles. The number of hydrogen-bond acceptors (Lipinski definition) is 3. The normalized spacial score (nSPS) is 8.82. The van der Waals surface area contributed by atoms with Crippen LogP contribution in [0.4, 0.5) is 0 Å². The van der Waals surface area contributed by atoms with Gasteiger partial charge >= 0.3 is 7.69 Å². The highest BCUT2D eigenvalue weighted by molar-refractivity contribution is 6.13. The Morgan fingerprint density at radius 3 is 1.91 bits per heavy atom. The number of nitrogens with zero attached hydrogens (tertiary/aromatic N) is 1. The molecule has 53 valence electrons. The van der Waals surface area contributed by atoms with Crippen molar-refractivity contribution in [3.63, 3.8) is 0 Å². The van der Waals surface area contributed by atoms with Gasteiger partial charge in [-0.3, -0.25) is 0 Å². The standard InChI is InChI=1S/C7H3N.BH2O2/c8-4-5-1-6-3-7(6)2-5;2-1-3/h1-3H;2-3H. The van der Waals surface area contributed by atoms with Crippen molar-refractivity contribution in [1.29, 1.82) is 5.26 Å². The number of benzene rings is 1. The van der Waals surface area contributed by atoms with Crippen LogP contribution >= 0.6 is 0 Å². The molecule has 4 heteroatoms. The summed E-state index contributed by atoms with van der Waals surface area (Å²) in [6.07, 6.45) is 0. The molecular formula is C7H5BNO2. The Bertz CT molecular complexity index is 286. The summed E-state index contributed by atoms with van der Waals surface area (Å²) in [5, 5.41) is 22.3. The second-order valence-corrected chi connectivity index (χ2v) is 2.03. The van der Waals surface area contributed by atoms with Gasteiger partial charge in [0.2, 0.25) is 0 Å². The number of rotatable bonds is 0. The predicted molar refractivity (Wildman–Crippen MR) is 40.3 cm³/mol. The van der Waals surface area contributed by atoms with E-state index in [2.05, 4.69) is 12.1 Å². The summed E-state index contributed by atoms with van der Waals surface area (Å²) < 4.78 is 0. The number of hydrogen-bond donors (Lipinski definition) is 2. The van der Waals surface area contributed by atoms with Gasteiger partial charge in [-0.05, 0) is 29.3 Å². The van der Waals surface area contributed by atoms with Crippen molar-refractivity contribution in [2.24, 2.45) is 0 Å². The van der Waals surface area contributed by atoms with Crippen molar-refractivity contribution in [3.05, 3.63) is 23.8 Å². The molecule has 0 aliphatic heterocycles. The third kappa shape index (κ3) is 1.80. The molecule has 0 amide bonds. The second-order valence-electron chi connectivity index (χ2n) is 2.03. The Balaban J connectivity index is 0.000000179. The summed E-state index contributed by atoms with van der Waals surface area (Å²) >= 11 is 0. The Hall–Kier alpha value is -1.31. The van der Waals surface area contributed by atoms with Crippen molar-refractivity contribution in [2.45, 2.75) is 0 Å². The van der Waals surface area contributed by atoms with Gasteiger partial charge in [0, 0.05) is 0 Å². The summed E-state index contributed by atoms with van der Waals surface area (Å²) in [5.74, 6) is 0. The van der Waals surface area contributed by atoms with Gasteiger partial charge in [0.25, 0.3) is 0 Å². The molecule has 2 rings (SSSR count). The number of nitriles is 1. The highest BCUT2D eigenvalue weighted by atomic mass is 16.4. The summed E-state index contributed by atoms with van der Waals surface area (Å²) in [6, 6.07) is 7.92. The van der Waals surface area contributed by atoms with Gasteiger partial charge in [-0.1, -0.05) is 0 Å². The van der Waals surface area contributed by atoms with Crippen LogP contribution in [-0.2, 0) is 0 Å². The Labute approximate surface area is 64.8 Å². The summed E-state index contributed by atoms with van der Waals surface area (Å²) in [5.41, 5.74) is 3.26. The van der Waals surface area contributed by atoms with Gasteiger partial charge in [0.15, 0.2) is 0 Å². The van der Waals surface area contributed by atoms with Crippen LogP contribution in [0.5, 0.6) is 0 Å². The van der Waals surface area contributed by atoms with Crippen LogP contribution < -0.4 is 0 Å². The molecule has 0 unspecified atom stereocenters. The minimum Gasteiger partial charge on any atom is -0.429 e. The molecule has 0 aromatic rings. The molecule has 0 spiro atoms. The van der Waals surface area contributed by atoms with Crippen LogP contribution in [0.2, 0.25) is 0 Å². The van der Waals surface area contributed by atoms with E-state index in [1.807, 2.05) is 12.1 Å². The highest BCUT2D eigenvalue weighted by Crippen LogP contribution is 2.35. The van der Waals surface area contributed by atoms with Crippen molar-refractivity contribution in [2.75, 3.05) is 0 Å². The Morgan fingerprint density at radius 1 is 1.18 bits per heavy atom. The molecule has 0 atom stereocenters. The zero-order chi connectivity index (χ0) is 8.27. The van der Waals surface area contributed by atoms with E-state index < -0.39 is 0 Å². The van der Waals surface area contributed by atoms with E-state index in [1.165, 1.54) is 11.1 Å². The SMILES string of the molecule is N#Cc1cc2cc-2c1.O[B]O.